The summed E-state index contributed by atoms with van der Waals surface area (Å²) >= 11 is 3.93. The number of H-pyrrole nitrogens is 1. The van der Waals surface area contributed by atoms with E-state index in [1.165, 1.54) is 43.7 Å². The molecule has 0 aliphatic carbocycles. The van der Waals surface area contributed by atoms with Crippen molar-refractivity contribution in [3.05, 3.63) is 48.0 Å². The molecule has 0 aliphatic rings. The molecule has 11 amide bonds. The summed E-state index contributed by atoms with van der Waals surface area (Å²) in [6, 6.07) is -9.68. The number of nitrogens with two attached hydrogens (primary N) is 1. The molecule has 2 rings (SSSR count). The highest BCUT2D eigenvalue weighted by molar-refractivity contribution is 7.80. The number of hydrogen-bond donors (Lipinski definition) is 18. The van der Waals surface area contributed by atoms with Gasteiger partial charge in [0, 0.05) is 31.2 Å². The Bertz CT molecular complexity index is 2790. The average molecular weight is 1300 g/mol. The molecule has 0 unspecified atom stereocenters. The van der Waals surface area contributed by atoms with Crippen LogP contribution in [0.3, 0.4) is 0 Å². The molecule has 0 saturated heterocycles. The monoisotopic (exact) mass is 1300 g/mol. The van der Waals surface area contributed by atoms with Crippen molar-refractivity contribution in [1.29, 1.82) is 0 Å². The van der Waals surface area contributed by atoms with Crippen molar-refractivity contribution in [2.75, 3.05) is 18.9 Å². The summed E-state index contributed by atoms with van der Waals surface area (Å²) in [6.07, 6.45) is 1.15. The number of aliphatic carboxylic acids is 2. The Kier molecular flexibility index (Phi) is 33.7. The fourth-order valence-electron chi connectivity index (χ4n) is 8.95. The quantitative estimate of drug-likeness (QED) is 0.0308. The largest absolute Gasteiger partial charge is 0.508 e. The molecule has 0 saturated carbocycles. The molecule has 0 radical (unpaired) electrons. The number of phenols is 1. The molecule has 508 valence electrons. The van der Waals surface area contributed by atoms with E-state index in [0.717, 1.165) is 0 Å². The molecule has 32 heteroatoms. The van der Waals surface area contributed by atoms with E-state index in [0.29, 0.717) is 5.56 Å². The van der Waals surface area contributed by atoms with Gasteiger partial charge in [-0.3, -0.25) is 57.5 Å². The number of amides is 11. The molecule has 0 bridgehead atoms. The lowest BCUT2D eigenvalue weighted by Crippen LogP contribution is -2.61. The Hall–Kier alpha value is -8.39. The number of aliphatic hydroxyl groups is 1. The van der Waals surface area contributed by atoms with Crippen LogP contribution in [0.2, 0.25) is 0 Å². The van der Waals surface area contributed by atoms with Gasteiger partial charge in [0.05, 0.1) is 31.2 Å². The van der Waals surface area contributed by atoms with Gasteiger partial charge in [-0.1, -0.05) is 81.4 Å². The number of aromatic nitrogens is 2. The van der Waals surface area contributed by atoms with Crippen molar-refractivity contribution in [1.82, 2.24) is 68.5 Å². The average Bonchev–Trinajstić information content (AvgIpc) is 3.05. The number of rotatable bonds is 40. The van der Waals surface area contributed by atoms with Gasteiger partial charge in [-0.25, -0.2) is 9.78 Å². The van der Waals surface area contributed by atoms with Crippen LogP contribution in [0.5, 0.6) is 5.75 Å². The van der Waals surface area contributed by atoms with Gasteiger partial charge < -0.3 is 89.6 Å². The molecule has 1 aromatic carbocycles. The van der Waals surface area contributed by atoms with Gasteiger partial charge in [0.1, 0.15) is 66.2 Å². The van der Waals surface area contributed by atoms with Crippen LogP contribution in [0.1, 0.15) is 120 Å². The predicted molar refractivity (Wildman–Crippen MR) is 334 cm³/mol. The zero-order chi connectivity index (χ0) is 69.0. The van der Waals surface area contributed by atoms with Crippen LogP contribution in [0, 0.1) is 29.6 Å². The molecule has 1 aromatic heterocycles. The minimum atomic E-state index is -1.65. The van der Waals surface area contributed by atoms with E-state index >= 15 is 0 Å². The maximum atomic E-state index is 14.3. The number of benzene rings is 1. The van der Waals surface area contributed by atoms with Gasteiger partial charge in [-0.2, -0.15) is 12.6 Å². The molecular formula is C59H94N14O17S. The summed E-state index contributed by atoms with van der Waals surface area (Å²) in [5.74, 6) is -14.5. The minimum absolute atomic E-state index is 0.0102. The van der Waals surface area contributed by atoms with Crippen LogP contribution in [-0.4, -0.2) is 193 Å². The number of nitrogens with one attached hydrogen (secondary N) is 12. The van der Waals surface area contributed by atoms with Gasteiger partial charge in [-0.15, -0.1) is 0 Å². The summed E-state index contributed by atoms with van der Waals surface area (Å²) in [5.41, 5.74) is 6.36. The first kappa shape index (κ1) is 78.7. The number of aromatic hydroxyl groups is 1. The van der Waals surface area contributed by atoms with Gasteiger partial charge in [-0.05, 0) is 79.9 Å². The lowest BCUT2D eigenvalue weighted by molar-refractivity contribution is -0.143. The smallest absolute Gasteiger partial charge is 0.326 e. The van der Waals surface area contributed by atoms with Crippen molar-refractivity contribution in [3.63, 3.8) is 0 Å². The number of aromatic amines is 1. The Labute approximate surface area is 534 Å². The van der Waals surface area contributed by atoms with E-state index < -0.39 is 181 Å². The summed E-state index contributed by atoms with van der Waals surface area (Å²) < 4.78 is 0. The van der Waals surface area contributed by atoms with Gasteiger partial charge in [0.25, 0.3) is 0 Å². The number of carbonyl (C=O) groups is 13. The van der Waals surface area contributed by atoms with Gasteiger partial charge in [0.15, 0.2) is 0 Å². The summed E-state index contributed by atoms with van der Waals surface area (Å²) in [7, 11) is 0. The van der Waals surface area contributed by atoms with Crippen molar-refractivity contribution in [2.24, 2.45) is 35.3 Å². The standard InChI is InChI=1S/C59H94N14O17S/c1-28(2)18-39(52(82)70-42(21-34-12-14-36(75)15-13-34)53(83)68-41(20-30(5)6)56(86)73-48(32(9)10)59(89)90)67-49(79)33(11)64-51(81)38(16-17-46(77)78)66-58(88)47(31(7)8)72-55(85)40(19-29(3)4)69-54(84)43(22-35-23-61-27-63-35)71-57(87)44(25-74)65-45(76)24-62-50(80)37(60)26-91/h12-15,23,27-33,37-44,47-48,74-75,91H,16-22,24-26,60H2,1-11H3,(H,61,63)(H,62,80)(H,64,81)(H,65,76)(H,66,88)(H,67,79)(H,68,83)(H,69,84)(H,70,82)(H,71,87)(H,72,85)(H,73,86)(H,77,78)(H,89,90)/t33-,37-,38-,39-,40-,41-,42-,43-,44-,47-,48-/m0/s1. The number of imidazole rings is 1. The van der Waals surface area contributed by atoms with Crippen LogP contribution in [0.25, 0.3) is 0 Å². The highest BCUT2D eigenvalue weighted by Crippen LogP contribution is 2.16. The van der Waals surface area contributed by atoms with Crippen LogP contribution >= 0.6 is 12.6 Å². The van der Waals surface area contributed by atoms with Crippen molar-refractivity contribution < 1.29 is 82.8 Å². The summed E-state index contributed by atoms with van der Waals surface area (Å²) in [4.78, 5) is 182. The van der Waals surface area contributed by atoms with Crippen molar-refractivity contribution in [2.45, 2.75) is 188 Å². The highest BCUT2D eigenvalue weighted by Gasteiger charge is 2.37. The second-order valence-corrected chi connectivity index (χ2v) is 24.5. The topological polar surface area (TPSA) is 490 Å². The zero-order valence-electron chi connectivity index (χ0n) is 53.3. The Morgan fingerprint density at radius 1 is 0.516 bits per heavy atom. The fraction of sp³-hybridized carbons (Fsp3) is 0.627. The van der Waals surface area contributed by atoms with E-state index in [4.69, 9.17) is 5.73 Å². The Morgan fingerprint density at radius 3 is 1.38 bits per heavy atom. The van der Waals surface area contributed by atoms with Crippen molar-refractivity contribution in [3.8, 4) is 5.75 Å². The van der Waals surface area contributed by atoms with E-state index in [2.05, 4.69) is 81.1 Å². The van der Waals surface area contributed by atoms with Gasteiger partial charge in [0.2, 0.25) is 65.0 Å². The second kappa shape index (κ2) is 39.0. The molecule has 11 atom stereocenters. The van der Waals surface area contributed by atoms with E-state index in [1.807, 2.05) is 0 Å². The molecule has 91 heavy (non-hydrogen) atoms. The molecule has 31 nitrogen and oxygen atoms in total. The number of phenolic OH excluding ortho intramolecular Hbond substituents is 1. The molecule has 18 N–H and O–H groups in total. The molecule has 2 aromatic rings. The lowest BCUT2D eigenvalue weighted by atomic mass is 9.98. The highest BCUT2D eigenvalue weighted by atomic mass is 32.1. The fourth-order valence-corrected chi connectivity index (χ4v) is 9.11. The van der Waals surface area contributed by atoms with Crippen LogP contribution in [0.15, 0.2) is 36.8 Å². The molecular weight excluding hydrogens is 1210 g/mol. The minimum Gasteiger partial charge on any atom is -0.508 e. The summed E-state index contributed by atoms with van der Waals surface area (Å²) in [6.45, 7) is 16.5. The number of hydrogen-bond acceptors (Lipinski definition) is 18. The van der Waals surface area contributed by atoms with E-state index in [-0.39, 0.29) is 67.1 Å². The third-order valence-corrected chi connectivity index (χ3v) is 14.3. The number of nitrogens with zero attached hydrogens (tertiary/aromatic N) is 1. The number of carboxylic acid groups (broad SMARTS) is 2. The summed E-state index contributed by atoms with van der Waals surface area (Å²) in [5, 5.41) is 67.0. The number of aliphatic hydroxyl groups excluding tert-OH is 1. The maximum Gasteiger partial charge on any atom is 0.326 e. The predicted octanol–water partition coefficient (Wildman–Crippen LogP) is -2.47. The Balaban J connectivity index is 2.39. The number of carbonyl (C=O) groups excluding carboxylic acids is 11. The van der Waals surface area contributed by atoms with E-state index in [9.17, 15) is 82.8 Å². The second-order valence-electron chi connectivity index (χ2n) is 24.2. The number of thiol groups is 1. The molecule has 0 spiro atoms. The normalized spacial score (nSPS) is 15.0. The van der Waals surface area contributed by atoms with Crippen LogP contribution in [0.4, 0.5) is 0 Å². The lowest BCUT2D eigenvalue weighted by Gasteiger charge is -2.29. The van der Waals surface area contributed by atoms with Crippen molar-refractivity contribution >= 4 is 89.5 Å². The maximum absolute atomic E-state index is 14.3. The first-order valence-electron chi connectivity index (χ1n) is 30.0. The first-order chi connectivity index (χ1) is 42.6. The molecule has 0 fully saturated rings. The zero-order valence-corrected chi connectivity index (χ0v) is 54.2. The Morgan fingerprint density at radius 2 is 0.945 bits per heavy atom. The number of carboxylic acids is 2. The van der Waals surface area contributed by atoms with Crippen LogP contribution in [-0.2, 0) is 75.2 Å². The first-order valence-corrected chi connectivity index (χ1v) is 30.7. The van der Waals surface area contributed by atoms with Crippen LogP contribution < -0.4 is 64.2 Å². The van der Waals surface area contributed by atoms with Gasteiger partial charge >= 0.3 is 11.9 Å². The SMILES string of the molecule is CC(C)C[C@H](NC(=O)[C@H](C)NC(=O)[C@H](CCC(=O)O)NC(=O)[C@@H](NC(=O)[C@H](CC(C)C)NC(=O)[C@H](Cc1c[nH]cn1)NC(=O)[C@H](CO)NC(=O)CNC(=O)[C@@H](N)CS)C(C)C)C(=O)N[C@@H](Cc1ccc(O)cc1)C(=O)N[C@@H](CC(C)C)C(=O)N[C@H](C(=O)O)C(C)C. The molecule has 0 aliphatic heterocycles. The molecule has 1 heterocycles. The third-order valence-electron chi connectivity index (χ3n) is 13.9. The third kappa shape index (κ3) is 28.5. The van der Waals surface area contributed by atoms with E-state index in [1.54, 1.807) is 69.2 Å².